The van der Waals surface area contributed by atoms with Gasteiger partial charge in [-0.3, -0.25) is 4.79 Å². The van der Waals surface area contributed by atoms with Crippen molar-refractivity contribution in [1.82, 2.24) is 4.90 Å². The van der Waals surface area contributed by atoms with Crippen LogP contribution in [0.25, 0.3) is 0 Å². The monoisotopic (exact) mass is 261 g/mol. The molecule has 0 bridgehead atoms. The van der Waals surface area contributed by atoms with Crippen molar-refractivity contribution in [2.75, 3.05) is 13.2 Å². The first kappa shape index (κ1) is 14.1. The number of carbonyl (C=O) groups is 1. The fraction of sp³-hybridized carbons (Fsp3) is 0.562. The van der Waals surface area contributed by atoms with Crippen molar-refractivity contribution >= 4 is 5.91 Å². The molecule has 1 amide bonds. The molecule has 1 aliphatic rings. The van der Waals surface area contributed by atoms with E-state index in [0.29, 0.717) is 0 Å². The lowest BCUT2D eigenvalue weighted by atomic mass is 10.0. The minimum Gasteiger partial charge on any atom is -0.394 e. The Balaban J connectivity index is 2.27. The minimum absolute atomic E-state index is 0.0186. The van der Waals surface area contributed by atoms with Crippen molar-refractivity contribution in [3.63, 3.8) is 0 Å². The second-order valence-corrected chi connectivity index (χ2v) is 5.50. The van der Waals surface area contributed by atoms with Gasteiger partial charge in [-0.2, -0.15) is 0 Å². The standard InChI is InChI=1S/C16H23NO2/c1-12-7-8-13(2)15(10-12)16(19)17-9-5-3-4-6-14(17)11-18/h7-8,10,14,18H,3-6,9,11H2,1-2H3. The maximum atomic E-state index is 12.7. The van der Waals surface area contributed by atoms with Crippen LogP contribution in [0.5, 0.6) is 0 Å². The molecule has 3 heteroatoms. The summed E-state index contributed by atoms with van der Waals surface area (Å²) in [5, 5.41) is 9.51. The third-order valence-electron chi connectivity index (χ3n) is 3.97. The first-order chi connectivity index (χ1) is 9.13. The molecular weight excluding hydrogens is 238 g/mol. The van der Waals surface area contributed by atoms with Crippen molar-refractivity contribution in [2.24, 2.45) is 0 Å². The minimum atomic E-state index is -0.0186. The van der Waals surface area contributed by atoms with Crippen molar-refractivity contribution in [3.8, 4) is 0 Å². The zero-order valence-electron chi connectivity index (χ0n) is 11.9. The van der Waals surface area contributed by atoms with Crippen LogP contribution in [0.4, 0.5) is 0 Å². The molecule has 0 saturated carbocycles. The van der Waals surface area contributed by atoms with Crippen molar-refractivity contribution in [2.45, 2.75) is 45.6 Å². The van der Waals surface area contributed by atoms with Gasteiger partial charge in [0.25, 0.3) is 5.91 Å². The number of aliphatic hydroxyl groups is 1. The molecular formula is C16H23NO2. The number of carbonyl (C=O) groups excluding carboxylic acids is 1. The summed E-state index contributed by atoms with van der Waals surface area (Å²) in [5.41, 5.74) is 2.89. The Morgan fingerprint density at radius 1 is 1.32 bits per heavy atom. The first-order valence-electron chi connectivity index (χ1n) is 7.12. The maximum absolute atomic E-state index is 12.7. The van der Waals surface area contributed by atoms with E-state index < -0.39 is 0 Å². The van der Waals surface area contributed by atoms with E-state index in [4.69, 9.17) is 0 Å². The lowest BCUT2D eigenvalue weighted by Crippen LogP contribution is -2.42. The number of amides is 1. The molecule has 1 aliphatic heterocycles. The Labute approximate surface area is 115 Å². The number of rotatable bonds is 2. The van der Waals surface area contributed by atoms with E-state index in [9.17, 15) is 9.90 Å². The average molecular weight is 261 g/mol. The van der Waals surface area contributed by atoms with Crippen LogP contribution < -0.4 is 0 Å². The molecule has 1 N–H and O–H groups in total. The van der Waals surface area contributed by atoms with E-state index >= 15 is 0 Å². The average Bonchev–Trinajstić information content (AvgIpc) is 2.65. The molecule has 1 unspecified atom stereocenters. The predicted molar refractivity (Wildman–Crippen MR) is 76.3 cm³/mol. The Bertz CT molecular complexity index is 456. The number of hydrogen-bond acceptors (Lipinski definition) is 2. The van der Waals surface area contributed by atoms with Crippen LogP contribution in [-0.4, -0.2) is 35.1 Å². The lowest BCUT2D eigenvalue weighted by Gasteiger charge is -2.29. The van der Waals surface area contributed by atoms with Gasteiger partial charge >= 0.3 is 0 Å². The molecule has 1 atom stereocenters. The van der Waals surface area contributed by atoms with E-state index in [1.807, 2.05) is 36.9 Å². The molecule has 104 valence electrons. The summed E-state index contributed by atoms with van der Waals surface area (Å²) in [7, 11) is 0. The van der Waals surface area contributed by atoms with Gasteiger partial charge in [0.2, 0.25) is 0 Å². The highest BCUT2D eigenvalue weighted by molar-refractivity contribution is 5.96. The lowest BCUT2D eigenvalue weighted by molar-refractivity contribution is 0.0599. The van der Waals surface area contributed by atoms with Gasteiger partial charge in [0.05, 0.1) is 12.6 Å². The van der Waals surface area contributed by atoms with E-state index in [0.717, 1.165) is 48.9 Å². The van der Waals surface area contributed by atoms with Crippen LogP contribution in [-0.2, 0) is 0 Å². The third-order valence-corrected chi connectivity index (χ3v) is 3.97. The number of nitrogens with zero attached hydrogens (tertiary/aromatic N) is 1. The maximum Gasteiger partial charge on any atom is 0.254 e. The molecule has 19 heavy (non-hydrogen) atoms. The number of likely N-dealkylation sites (tertiary alicyclic amines) is 1. The van der Waals surface area contributed by atoms with Gasteiger partial charge in [0.15, 0.2) is 0 Å². The van der Waals surface area contributed by atoms with Crippen LogP contribution in [0.3, 0.4) is 0 Å². The highest BCUT2D eigenvalue weighted by Gasteiger charge is 2.26. The fourth-order valence-electron chi connectivity index (χ4n) is 2.76. The normalized spacial score (nSPS) is 20.2. The topological polar surface area (TPSA) is 40.5 Å². The Kier molecular flexibility index (Phi) is 4.59. The van der Waals surface area contributed by atoms with Gasteiger partial charge < -0.3 is 10.0 Å². The fourth-order valence-corrected chi connectivity index (χ4v) is 2.76. The number of benzene rings is 1. The summed E-state index contributed by atoms with van der Waals surface area (Å²) >= 11 is 0. The van der Waals surface area contributed by atoms with Gasteiger partial charge in [0, 0.05) is 12.1 Å². The highest BCUT2D eigenvalue weighted by Crippen LogP contribution is 2.21. The van der Waals surface area contributed by atoms with Crippen LogP contribution in [0.15, 0.2) is 18.2 Å². The molecule has 1 heterocycles. The van der Waals surface area contributed by atoms with Crippen LogP contribution in [0, 0.1) is 13.8 Å². The van der Waals surface area contributed by atoms with Gasteiger partial charge in [-0.25, -0.2) is 0 Å². The zero-order valence-corrected chi connectivity index (χ0v) is 11.9. The van der Waals surface area contributed by atoms with E-state index in [1.54, 1.807) is 0 Å². The summed E-state index contributed by atoms with van der Waals surface area (Å²) in [5.74, 6) is 0.0714. The van der Waals surface area contributed by atoms with E-state index in [-0.39, 0.29) is 18.6 Å². The van der Waals surface area contributed by atoms with Crippen LogP contribution >= 0.6 is 0 Å². The molecule has 2 rings (SSSR count). The van der Waals surface area contributed by atoms with Crippen LogP contribution in [0.1, 0.15) is 47.2 Å². The highest BCUT2D eigenvalue weighted by atomic mass is 16.3. The molecule has 1 aromatic rings. The Hall–Kier alpha value is -1.35. The smallest absolute Gasteiger partial charge is 0.254 e. The number of aryl methyl sites for hydroxylation is 2. The summed E-state index contributed by atoms with van der Waals surface area (Å²) in [6.07, 6.45) is 4.19. The predicted octanol–water partition coefficient (Wildman–Crippen LogP) is 2.68. The largest absolute Gasteiger partial charge is 0.394 e. The van der Waals surface area contributed by atoms with E-state index in [1.165, 1.54) is 0 Å². The van der Waals surface area contributed by atoms with Gasteiger partial charge in [-0.15, -0.1) is 0 Å². The van der Waals surface area contributed by atoms with Gasteiger partial charge in [0.1, 0.15) is 0 Å². The second-order valence-electron chi connectivity index (χ2n) is 5.50. The summed E-state index contributed by atoms with van der Waals surface area (Å²) in [6, 6.07) is 5.96. The SMILES string of the molecule is Cc1ccc(C)c(C(=O)N2CCCCCC2CO)c1. The molecule has 0 aliphatic carbocycles. The Morgan fingerprint density at radius 3 is 2.84 bits per heavy atom. The molecule has 0 spiro atoms. The molecule has 1 saturated heterocycles. The van der Waals surface area contributed by atoms with Gasteiger partial charge in [-0.1, -0.05) is 30.5 Å². The van der Waals surface area contributed by atoms with Gasteiger partial charge in [-0.05, 0) is 38.3 Å². The molecule has 3 nitrogen and oxygen atoms in total. The number of aliphatic hydroxyl groups excluding tert-OH is 1. The number of hydrogen-bond donors (Lipinski definition) is 1. The second kappa shape index (κ2) is 6.20. The quantitative estimate of drug-likeness (QED) is 0.889. The molecule has 0 radical (unpaired) electrons. The summed E-state index contributed by atoms with van der Waals surface area (Å²) < 4.78 is 0. The van der Waals surface area contributed by atoms with Crippen molar-refractivity contribution < 1.29 is 9.90 Å². The van der Waals surface area contributed by atoms with E-state index in [2.05, 4.69) is 0 Å². The van der Waals surface area contributed by atoms with Crippen molar-refractivity contribution in [3.05, 3.63) is 34.9 Å². The van der Waals surface area contributed by atoms with Crippen molar-refractivity contribution in [1.29, 1.82) is 0 Å². The summed E-state index contributed by atoms with van der Waals surface area (Å²) in [4.78, 5) is 14.6. The Morgan fingerprint density at radius 2 is 2.11 bits per heavy atom. The third kappa shape index (κ3) is 3.16. The molecule has 1 fully saturated rings. The summed E-state index contributed by atoms with van der Waals surface area (Å²) in [6.45, 7) is 4.80. The zero-order chi connectivity index (χ0) is 13.8. The first-order valence-corrected chi connectivity index (χ1v) is 7.12. The molecule has 0 aromatic heterocycles. The molecule has 1 aromatic carbocycles. The van der Waals surface area contributed by atoms with Crippen LogP contribution in [0.2, 0.25) is 0 Å².